The van der Waals surface area contributed by atoms with Crippen molar-refractivity contribution in [3.8, 4) is 11.3 Å². The molecule has 12 heavy (non-hydrogen) atoms. The lowest BCUT2D eigenvalue weighted by atomic mass is 10.2. The first kappa shape index (κ1) is 7.72. The summed E-state index contributed by atoms with van der Waals surface area (Å²) in [6.45, 7) is 0. The molecule has 1 aromatic heterocycles. The highest BCUT2D eigenvalue weighted by molar-refractivity contribution is 14.1. The average molecular weight is 272 g/mol. The summed E-state index contributed by atoms with van der Waals surface area (Å²) in [5, 5.41) is 7.19. The first-order valence-electron chi connectivity index (χ1n) is 3.39. The molecular weight excluding hydrogens is 267 g/mol. The van der Waals surface area contributed by atoms with Crippen LogP contribution in [0, 0.1) is 3.57 Å². The first-order chi connectivity index (χ1) is 5.86. The second-order valence-electron chi connectivity index (χ2n) is 2.30. The molecule has 0 amide bonds. The Balaban J connectivity index is 2.43. The Labute approximate surface area is 82.9 Å². The minimum atomic E-state index is 0.770. The van der Waals surface area contributed by atoms with Crippen LogP contribution >= 0.6 is 22.6 Å². The molecule has 0 spiro atoms. The van der Waals surface area contributed by atoms with E-state index < -0.39 is 0 Å². The molecule has 1 heterocycles. The van der Waals surface area contributed by atoms with Gasteiger partial charge in [-0.15, -0.1) is 5.10 Å². The molecule has 4 heteroatoms. The predicted molar refractivity (Wildman–Crippen MR) is 52.5 cm³/mol. The van der Waals surface area contributed by atoms with Gasteiger partial charge in [0, 0.05) is 14.4 Å². The fraction of sp³-hybridized carbons (Fsp3) is 0. The highest BCUT2D eigenvalue weighted by Gasteiger charge is 2.00. The molecule has 2 aromatic rings. The summed E-state index contributed by atoms with van der Waals surface area (Å²) in [7, 11) is 0. The molecule has 0 radical (unpaired) electrons. The number of rotatable bonds is 1. The molecule has 2 rings (SSSR count). The molecule has 60 valence electrons. The van der Waals surface area contributed by atoms with Crippen LogP contribution in [-0.2, 0) is 0 Å². The zero-order valence-corrected chi connectivity index (χ0v) is 8.22. The Hall–Kier alpha value is -0.910. The van der Waals surface area contributed by atoms with E-state index in [1.807, 2.05) is 24.3 Å². The van der Waals surface area contributed by atoms with Gasteiger partial charge < -0.3 is 4.52 Å². The van der Waals surface area contributed by atoms with E-state index in [-0.39, 0.29) is 0 Å². The van der Waals surface area contributed by atoms with E-state index in [9.17, 15) is 0 Å². The zero-order chi connectivity index (χ0) is 8.39. The Morgan fingerprint density at radius 3 is 2.50 bits per heavy atom. The molecule has 0 aliphatic rings. The van der Waals surface area contributed by atoms with Crippen molar-refractivity contribution in [2.24, 2.45) is 0 Å². The number of nitrogens with zero attached hydrogens (tertiary/aromatic N) is 2. The lowest BCUT2D eigenvalue weighted by molar-refractivity contribution is 0.393. The molecule has 1 aromatic carbocycles. The minimum absolute atomic E-state index is 0.770. The molecule has 0 unspecified atom stereocenters. The van der Waals surface area contributed by atoms with Crippen molar-refractivity contribution in [2.75, 3.05) is 0 Å². The van der Waals surface area contributed by atoms with Gasteiger partial charge in [0.25, 0.3) is 0 Å². The van der Waals surface area contributed by atoms with Gasteiger partial charge in [-0.1, -0.05) is 12.1 Å². The smallest absolute Gasteiger partial charge is 0.152 e. The summed E-state index contributed by atoms with van der Waals surface area (Å²) in [6, 6.07) is 8.01. The van der Waals surface area contributed by atoms with E-state index in [1.54, 1.807) is 0 Å². The van der Waals surface area contributed by atoms with Crippen LogP contribution in [0.3, 0.4) is 0 Å². The summed E-state index contributed by atoms with van der Waals surface area (Å²) in [5.41, 5.74) is 1.79. The Kier molecular flexibility index (Phi) is 2.07. The van der Waals surface area contributed by atoms with E-state index in [4.69, 9.17) is 0 Å². The highest BCUT2D eigenvalue weighted by Crippen LogP contribution is 2.16. The fourth-order valence-corrected chi connectivity index (χ4v) is 1.27. The largest absolute Gasteiger partial charge is 0.345 e. The molecule has 0 saturated heterocycles. The monoisotopic (exact) mass is 272 g/mol. The second kappa shape index (κ2) is 3.22. The molecule has 3 nitrogen and oxygen atoms in total. The molecule has 0 aliphatic carbocycles. The van der Waals surface area contributed by atoms with E-state index in [2.05, 4.69) is 37.5 Å². The molecular formula is C8H5IN2O. The second-order valence-corrected chi connectivity index (χ2v) is 3.54. The van der Waals surface area contributed by atoms with Gasteiger partial charge in [0.05, 0.1) is 0 Å². The van der Waals surface area contributed by atoms with Crippen LogP contribution < -0.4 is 0 Å². The van der Waals surface area contributed by atoms with Crippen molar-refractivity contribution in [3.63, 3.8) is 0 Å². The fourth-order valence-electron chi connectivity index (χ4n) is 0.911. The van der Waals surface area contributed by atoms with Crippen molar-refractivity contribution < 1.29 is 4.52 Å². The van der Waals surface area contributed by atoms with E-state index in [0.29, 0.717) is 0 Å². The molecule has 0 atom stereocenters. The Morgan fingerprint density at radius 1 is 1.17 bits per heavy atom. The predicted octanol–water partition coefficient (Wildman–Crippen LogP) is 2.34. The average Bonchev–Trinajstić information content (AvgIpc) is 2.58. The maximum atomic E-state index is 4.64. The first-order valence-corrected chi connectivity index (χ1v) is 4.47. The molecule has 0 bridgehead atoms. The van der Waals surface area contributed by atoms with E-state index in [1.165, 1.54) is 9.83 Å². The number of halogens is 1. The summed E-state index contributed by atoms with van der Waals surface area (Å²) >= 11 is 2.25. The van der Waals surface area contributed by atoms with Gasteiger partial charge in [-0.25, -0.2) is 0 Å². The van der Waals surface area contributed by atoms with Crippen LogP contribution in [0.25, 0.3) is 11.3 Å². The number of hydrogen-bond acceptors (Lipinski definition) is 3. The summed E-state index contributed by atoms with van der Waals surface area (Å²) < 4.78 is 5.84. The van der Waals surface area contributed by atoms with Crippen molar-refractivity contribution in [1.29, 1.82) is 0 Å². The normalized spacial score (nSPS) is 10.1. The van der Waals surface area contributed by atoms with Crippen LogP contribution in [0.2, 0.25) is 0 Å². The third-order valence-electron chi connectivity index (χ3n) is 1.50. The third kappa shape index (κ3) is 1.47. The van der Waals surface area contributed by atoms with Gasteiger partial charge in [0.2, 0.25) is 0 Å². The van der Waals surface area contributed by atoms with Crippen LogP contribution in [-0.4, -0.2) is 10.4 Å². The summed E-state index contributed by atoms with van der Waals surface area (Å²) in [5.74, 6) is 0. The molecule has 0 saturated carbocycles. The van der Waals surface area contributed by atoms with Crippen LogP contribution in [0.1, 0.15) is 0 Å². The quantitative estimate of drug-likeness (QED) is 0.748. The van der Waals surface area contributed by atoms with Crippen molar-refractivity contribution >= 4 is 22.6 Å². The van der Waals surface area contributed by atoms with Crippen molar-refractivity contribution in [1.82, 2.24) is 10.4 Å². The summed E-state index contributed by atoms with van der Waals surface area (Å²) in [4.78, 5) is 0. The van der Waals surface area contributed by atoms with Crippen molar-refractivity contribution in [2.45, 2.75) is 0 Å². The van der Waals surface area contributed by atoms with Gasteiger partial charge in [-0.05, 0) is 34.7 Å². The topological polar surface area (TPSA) is 38.9 Å². The molecule has 0 N–H and O–H groups in total. The standard InChI is InChI=1S/C8H5IN2O/c9-7-3-1-6(2-4-7)8-5-12-11-10-8/h1-5H. The maximum absolute atomic E-state index is 4.64. The lowest BCUT2D eigenvalue weighted by Crippen LogP contribution is -1.77. The third-order valence-corrected chi connectivity index (χ3v) is 2.22. The molecule has 0 fully saturated rings. The Bertz CT molecular complexity index is 355. The minimum Gasteiger partial charge on any atom is -0.345 e. The number of benzene rings is 1. The van der Waals surface area contributed by atoms with Gasteiger partial charge in [0.15, 0.2) is 6.26 Å². The van der Waals surface area contributed by atoms with E-state index >= 15 is 0 Å². The number of hydrogen-bond donors (Lipinski definition) is 0. The van der Waals surface area contributed by atoms with Gasteiger partial charge >= 0.3 is 0 Å². The maximum Gasteiger partial charge on any atom is 0.152 e. The van der Waals surface area contributed by atoms with Crippen LogP contribution in [0.5, 0.6) is 0 Å². The highest BCUT2D eigenvalue weighted by atomic mass is 127. The van der Waals surface area contributed by atoms with Gasteiger partial charge in [0.1, 0.15) is 5.69 Å². The number of aromatic nitrogens is 2. The zero-order valence-electron chi connectivity index (χ0n) is 6.07. The van der Waals surface area contributed by atoms with Crippen LogP contribution in [0.15, 0.2) is 35.1 Å². The SMILES string of the molecule is Ic1ccc(-c2conn2)cc1. The van der Waals surface area contributed by atoms with E-state index in [0.717, 1.165) is 11.3 Å². The summed E-state index contributed by atoms with van der Waals surface area (Å²) in [6.07, 6.45) is 1.53. The van der Waals surface area contributed by atoms with Gasteiger partial charge in [-0.2, -0.15) is 0 Å². The lowest BCUT2D eigenvalue weighted by Gasteiger charge is -1.93. The van der Waals surface area contributed by atoms with Gasteiger partial charge in [-0.3, -0.25) is 0 Å². The molecule has 0 aliphatic heterocycles. The Morgan fingerprint density at radius 2 is 1.92 bits per heavy atom. The van der Waals surface area contributed by atoms with Crippen molar-refractivity contribution in [3.05, 3.63) is 34.1 Å². The van der Waals surface area contributed by atoms with Crippen LogP contribution in [0.4, 0.5) is 0 Å².